The molecule has 0 fully saturated rings. The van der Waals surface area contributed by atoms with Crippen LogP contribution in [-0.2, 0) is 0 Å². The quantitative estimate of drug-likeness (QED) is 0.529. The van der Waals surface area contributed by atoms with Crippen molar-refractivity contribution in [3.05, 3.63) is 77.9 Å². The Labute approximate surface area is 124 Å². The minimum absolute atomic E-state index is 0.448. The number of aryl methyl sites for hydroxylation is 1. The molecule has 0 bridgehead atoms. The zero-order valence-electron chi connectivity index (χ0n) is 11.8. The lowest BCUT2D eigenvalue weighted by molar-refractivity contribution is 1.11. The number of fused-ring (bicyclic) bond motifs is 1. The van der Waals surface area contributed by atoms with E-state index in [9.17, 15) is 0 Å². The smallest absolute Gasteiger partial charge is 0.0322 e. The van der Waals surface area contributed by atoms with Crippen LogP contribution in [0, 0.1) is 6.92 Å². The molecule has 20 heavy (non-hydrogen) atoms. The SMILES string of the molecule is Cc1ccc(SC(C)c2cccc3ccccc23)cc1. The Hall–Kier alpha value is -1.73. The summed E-state index contributed by atoms with van der Waals surface area (Å²) in [4.78, 5) is 1.33. The summed E-state index contributed by atoms with van der Waals surface area (Å²) in [5.41, 5.74) is 2.72. The van der Waals surface area contributed by atoms with Crippen LogP contribution >= 0.6 is 11.8 Å². The first-order valence-electron chi connectivity index (χ1n) is 6.95. The highest BCUT2D eigenvalue weighted by molar-refractivity contribution is 7.99. The largest absolute Gasteiger partial charge is 0.118 e. The maximum atomic E-state index is 2.28. The fourth-order valence-electron chi connectivity index (χ4n) is 2.49. The molecule has 0 aliphatic carbocycles. The third-order valence-corrected chi connectivity index (χ3v) is 4.75. The van der Waals surface area contributed by atoms with Crippen molar-refractivity contribution >= 4 is 22.5 Å². The zero-order chi connectivity index (χ0) is 13.9. The minimum atomic E-state index is 0.448. The van der Waals surface area contributed by atoms with Gasteiger partial charge in [0.15, 0.2) is 0 Å². The Balaban J connectivity index is 1.92. The van der Waals surface area contributed by atoms with E-state index in [1.807, 2.05) is 11.8 Å². The molecule has 0 amide bonds. The highest BCUT2D eigenvalue weighted by atomic mass is 32.2. The van der Waals surface area contributed by atoms with Crippen molar-refractivity contribution in [3.63, 3.8) is 0 Å². The van der Waals surface area contributed by atoms with E-state index < -0.39 is 0 Å². The highest BCUT2D eigenvalue weighted by Gasteiger charge is 2.10. The molecule has 0 spiro atoms. The third-order valence-electron chi connectivity index (χ3n) is 3.60. The summed E-state index contributed by atoms with van der Waals surface area (Å²) in [5, 5.41) is 3.13. The molecule has 3 aromatic rings. The molecule has 3 aromatic carbocycles. The van der Waals surface area contributed by atoms with E-state index in [2.05, 4.69) is 80.6 Å². The van der Waals surface area contributed by atoms with Gasteiger partial charge in [-0.1, -0.05) is 60.2 Å². The van der Waals surface area contributed by atoms with E-state index in [0.717, 1.165) is 0 Å². The molecule has 0 aromatic heterocycles. The molecule has 1 unspecified atom stereocenters. The molecular weight excluding hydrogens is 260 g/mol. The molecule has 0 aliphatic heterocycles. The summed E-state index contributed by atoms with van der Waals surface area (Å²) in [7, 11) is 0. The van der Waals surface area contributed by atoms with Gasteiger partial charge in [-0.15, -0.1) is 11.8 Å². The zero-order valence-corrected chi connectivity index (χ0v) is 12.7. The lowest BCUT2D eigenvalue weighted by atomic mass is 10.0. The fraction of sp³-hybridized carbons (Fsp3) is 0.158. The first-order valence-corrected chi connectivity index (χ1v) is 7.83. The minimum Gasteiger partial charge on any atom is -0.118 e. The Morgan fingerprint density at radius 1 is 0.800 bits per heavy atom. The van der Waals surface area contributed by atoms with Gasteiger partial charge in [-0.3, -0.25) is 0 Å². The van der Waals surface area contributed by atoms with Crippen LogP contribution in [0.4, 0.5) is 0 Å². The van der Waals surface area contributed by atoms with E-state index >= 15 is 0 Å². The molecule has 0 radical (unpaired) electrons. The second kappa shape index (κ2) is 5.72. The van der Waals surface area contributed by atoms with Gasteiger partial charge in [-0.05, 0) is 42.3 Å². The molecule has 100 valence electrons. The van der Waals surface area contributed by atoms with Crippen LogP contribution < -0.4 is 0 Å². The van der Waals surface area contributed by atoms with Gasteiger partial charge in [0, 0.05) is 10.1 Å². The van der Waals surface area contributed by atoms with Crippen molar-refractivity contribution in [2.45, 2.75) is 24.0 Å². The van der Waals surface area contributed by atoms with E-state index in [4.69, 9.17) is 0 Å². The van der Waals surface area contributed by atoms with Crippen LogP contribution in [0.2, 0.25) is 0 Å². The van der Waals surface area contributed by atoms with Crippen molar-refractivity contribution in [1.82, 2.24) is 0 Å². The Morgan fingerprint density at radius 2 is 1.50 bits per heavy atom. The Bertz CT molecular complexity index is 708. The molecule has 0 heterocycles. The monoisotopic (exact) mass is 278 g/mol. The number of hydrogen-bond acceptors (Lipinski definition) is 1. The summed E-state index contributed by atoms with van der Waals surface area (Å²) in [5.74, 6) is 0. The second-order valence-corrected chi connectivity index (χ2v) is 6.56. The third kappa shape index (κ3) is 2.73. The lowest BCUT2D eigenvalue weighted by Gasteiger charge is -2.14. The summed E-state index contributed by atoms with van der Waals surface area (Å²) < 4.78 is 0. The van der Waals surface area contributed by atoms with Gasteiger partial charge in [-0.25, -0.2) is 0 Å². The number of thioether (sulfide) groups is 1. The van der Waals surface area contributed by atoms with Crippen LogP contribution in [-0.4, -0.2) is 0 Å². The van der Waals surface area contributed by atoms with E-state index in [-0.39, 0.29) is 0 Å². The first-order chi connectivity index (χ1) is 9.74. The summed E-state index contributed by atoms with van der Waals surface area (Å²) in [6.45, 7) is 4.41. The van der Waals surface area contributed by atoms with Crippen LogP contribution in [0.5, 0.6) is 0 Å². The molecule has 0 N–H and O–H groups in total. The van der Waals surface area contributed by atoms with Crippen LogP contribution in [0.25, 0.3) is 10.8 Å². The predicted molar refractivity (Wildman–Crippen MR) is 89.4 cm³/mol. The number of rotatable bonds is 3. The second-order valence-electron chi connectivity index (χ2n) is 5.14. The number of hydrogen-bond donors (Lipinski definition) is 0. The van der Waals surface area contributed by atoms with Crippen LogP contribution in [0.3, 0.4) is 0 Å². The molecular formula is C19H18S. The van der Waals surface area contributed by atoms with Crippen molar-refractivity contribution in [2.75, 3.05) is 0 Å². The molecule has 1 atom stereocenters. The Kier molecular flexibility index (Phi) is 3.79. The van der Waals surface area contributed by atoms with E-state index in [1.54, 1.807) is 0 Å². The summed E-state index contributed by atoms with van der Waals surface area (Å²) in [6.07, 6.45) is 0. The van der Waals surface area contributed by atoms with Crippen molar-refractivity contribution in [3.8, 4) is 0 Å². The summed E-state index contributed by atoms with van der Waals surface area (Å²) >= 11 is 1.92. The summed E-state index contributed by atoms with van der Waals surface area (Å²) in [6, 6.07) is 24.0. The lowest BCUT2D eigenvalue weighted by Crippen LogP contribution is -1.90. The van der Waals surface area contributed by atoms with Crippen molar-refractivity contribution in [2.24, 2.45) is 0 Å². The molecule has 3 rings (SSSR count). The fourth-order valence-corrected chi connectivity index (χ4v) is 3.52. The van der Waals surface area contributed by atoms with Gasteiger partial charge < -0.3 is 0 Å². The molecule has 0 nitrogen and oxygen atoms in total. The maximum Gasteiger partial charge on any atom is 0.0322 e. The molecule has 0 saturated carbocycles. The molecule has 0 aliphatic rings. The molecule has 0 saturated heterocycles. The van der Waals surface area contributed by atoms with Crippen molar-refractivity contribution < 1.29 is 0 Å². The van der Waals surface area contributed by atoms with E-state index in [0.29, 0.717) is 5.25 Å². The van der Waals surface area contributed by atoms with Gasteiger partial charge in [0.25, 0.3) is 0 Å². The van der Waals surface area contributed by atoms with Gasteiger partial charge >= 0.3 is 0 Å². The van der Waals surface area contributed by atoms with E-state index in [1.165, 1.54) is 26.8 Å². The first kappa shape index (κ1) is 13.3. The van der Waals surface area contributed by atoms with Gasteiger partial charge in [0.2, 0.25) is 0 Å². The average Bonchev–Trinajstić information content (AvgIpc) is 2.49. The highest BCUT2D eigenvalue weighted by Crippen LogP contribution is 2.37. The number of benzene rings is 3. The van der Waals surface area contributed by atoms with Crippen LogP contribution in [0.1, 0.15) is 23.3 Å². The normalized spacial score (nSPS) is 12.5. The van der Waals surface area contributed by atoms with Gasteiger partial charge in [-0.2, -0.15) is 0 Å². The standard InChI is InChI=1S/C19H18S/c1-14-10-12-17(13-11-14)20-15(2)18-9-5-7-16-6-3-4-8-19(16)18/h3-13,15H,1-2H3. The predicted octanol–water partition coefficient (Wildman–Crippen LogP) is 6.00. The average molecular weight is 278 g/mol. The topological polar surface area (TPSA) is 0 Å². The van der Waals surface area contributed by atoms with Gasteiger partial charge in [0.1, 0.15) is 0 Å². The Morgan fingerprint density at radius 3 is 2.30 bits per heavy atom. The van der Waals surface area contributed by atoms with Gasteiger partial charge in [0.05, 0.1) is 0 Å². The van der Waals surface area contributed by atoms with Crippen molar-refractivity contribution in [1.29, 1.82) is 0 Å². The van der Waals surface area contributed by atoms with Crippen LogP contribution in [0.15, 0.2) is 71.6 Å². The maximum absolute atomic E-state index is 2.28. The molecule has 1 heteroatoms.